The van der Waals surface area contributed by atoms with Crippen molar-refractivity contribution in [1.29, 1.82) is 0 Å². The third kappa shape index (κ3) is 1.27. The monoisotopic (exact) mass is 145 g/mol. The first kappa shape index (κ1) is 7.50. The van der Waals surface area contributed by atoms with Crippen LogP contribution in [0.2, 0.25) is 0 Å². The number of carbonyl (C=O) groups excluding carboxylic acids is 1. The summed E-state index contributed by atoms with van der Waals surface area (Å²) in [4.78, 5) is 10.6. The van der Waals surface area contributed by atoms with E-state index >= 15 is 0 Å². The molecule has 1 aliphatic rings. The number of rotatable bonds is 2. The lowest BCUT2D eigenvalue weighted by Gasteiger charge is -2.11. The van der Waals surface area contributed by atoms with Crippen molar-refractivity contribution < 1.29 is 14.6 Å². The molecule has 0 bridgehead atoms. The number of hydrogen-bond acceptors (Lipinski definition) is 3. The zero-order valence-corrected chi connectivity index (χ0v) is 5.62. The standard InChI is InChI=1S/C6H11NO3/c7-6(9)4-1-2-10-5(4)3-8/h4-5,8H,1-3H2,(H2,7,9). The van der Waals surface area contributed by atoms with Crippen molar-refractivity contribution in [2.75, 3.05) is 13.2 Å². The van der Waals surface area contributed by atoms with Crippen LogP contribution in [0.3, 0.4) is 0 Å². The van der Waals surface area contributed by atoms with E-state index in [1.165, 1.54) is 0 Å². The maximum Gasteiger partial charge on any atom is 0.223 e. The molecule has 0 aliphatic carbocycles. The fourth-order valence-corrected chi connectivity index (χ4v) is 1.15. The van der Waals surface area contributed by atoms with Gasteiger partial charge in [-0.25, -0.2) is 0 Å². The van der Waals surface area contributed by atoms with Gasteiger partial charge in [-0.3, -0.25) is 4.79 Å². The van der Waals surface area contributed by atoms with Crippen LogP contribution in [0.5, 0.6) is 0 Å². The van der Waals surface area contributed by atoms with Gasteiger partial charge in [-0.1, -0.05) is 0 Å². The van der Waals surface area contributed by atoms with Crippen LogP contribution in [0.15, 0.2) is 0 Å². The Morgan fingerprint density at radius 1 is 1.80 bits per heavy atom. The Morgan fingerprint density at radius 2 is 2.50 bits per heavy atom. The summed E-state index contributed by atoms with van der Waals surface area (Å²) < 4.78 is 5.03. The molecule has 1 rings (SSSR count). The summed E-state index contributed by atoms with van der Waals surface area (Å²) in [6.07, 6.45) is 0.276. The Morgan fingerprint density at radius 3 is 2.90 bits per heavy atom. The Bertz CT molecular complexity index is 137. The van der Waals surface area contributed by atoms with Gasteiger partial charge in [0.15, 0.2) is 0 Å². The van der Waals surface area contributed by atoms with Crippen molar-refractivity contribution in [3.05, 3.63) is 0 Å². The summed E-state index contributed by atoms with van der Waals surface area (Å²) in [7, 11) is 0. The molecule has 0 aromatic heterocycles. The van der Waals surface area contributed by atoms with E-state index in [0.717, 1.165) is 0 Å². The van der Waals surface area contributed by atoms with Crippen molar-refractivity contribution in [2.24, 2.45) is 11.7 Å². The molecule has 1 fully saturated rings. The van der Waals surface area contributed by atoms with E-state index in [1.54, 1.807) is 0 Å². The Labute approximate surface area is 59.0 Å². The van der Waals surface area contributed by atoms with Crippen LogP contribution in [-0.2, 0) is 9.53 Å². The highest BCUT2D eigenvalue weighted by Crippen LogP contribution is 2.19. The highest BCUT2D eigenvalue weighted by Gasteiger charge is 2.31. The van der Waals surface area contributed by atoms with E-state index in [1.807, 2.05) is 0 Å². The van der Waals surface area contributed by atoms with Gasteiger partial charge in [0, 0.05) is 6.61 Å². The second kappa shape index (κ2) is 2.98. The summed E-state index contributed by atoms with van der Waals surface area (Å²) in [5.74, 6) is -0.665. The first-order chi connectivity index (χ1) is 4.75. The summed E-state index contributed by atoms with van der Waals surface area (Å²) in [6, 6.07) is 0. The van der Waals surface area contributed by atoms with E-state index in [2.05, 4.69) is 0 Å². The second-order valence-corrected chi connectivity index (χ2v) is 2.39. The largest absolute Gasteiger partial charge is 0.394 e. The quantitative estimate of drug-likeness (QED) is 0.516. The van der Waals surface area contributed by atoms with Crippen molar-refractivity contribution in [1.82, 2.24) is 0 Å². The minimum atomic E-state index is -0.378. The minimum absolute atomic E-state index is 0.117. The zero-order chi connectivity index (χ0) is 7.56. The molecular weight excluding hydrogens is 134 g/mol. The number of aliphatic hydroxyl groups is 1. The summed E-state index contributed by atoms with van der Waals surface area (Å²) in [5.41, 5.74) is 5.03. The van der Waals surface area contributed by atoms with Gasteiger partial charge >= 0.3 is 0 Å². The highest BCUT2D eigenvalue weighted by molar-refractivity contribution is 5.77. The maximum atomic E-state index is 10.6. The molecule has 0 radical (unpaired) electrons. The predicted molar refractivity (Wildman–Crippen MR) is 34.1 cm³/mol. The Hall–Kier alpha value is -0.610. The molecule has 2 unspecified atom stereocenters. The van der Waals surface area contributed by atoms with Gasteiger partial charge in [-0.2, -0.15) is 0 Å². The molecule has 4 heteroatoms. The average molecular weight is 145 g/mol. The van der Waals surface area contributed by atoms with Crippen LogP contribution in [-0.4, -0.2) is 30.3 Å². The molecule has 0 saturated carbocycles. The van der Waals surface area contributed by atoms with Gasteiger partial charge in [0.2, 0.25) is 5.91 Å². The van der Waals surface area contributed by atoms with Crippen molar-refractivity contribution in [2.45, 2.75) is 12.5 Å². The third-order valence-electron chi connectivity index (χ3n) is 1.75. The number of primary amides is 1. The lowest BCUT2D eigenvalue weighted by molar-refractivity contribution is -0.124. The number of amides is 1. The van der Waals surface area contributed by atoms with E-state index < -0.39 is 0 Å². The van der Waals surface area contributed by atoms with E-state index in [9.17, 15) is 4.79 Å². The molecule has 0 aromatic rings. The fraction of sp³-hybridized carbons (Fsp3) is 0.833. The van der Waals surface area contributed by atoms with E-state index in [0.29, 0.717) is 13.0 Å². The van der Waals surface area contributed by atoms with Crippen LogP contribution in [0.25, 0.3) is 0 Å². The predicted octanol–water partition coefficient (Wildman–Crippen LogP) is -1.13. The van der Waals surface area contributed by atoms with Gasteiger partial charge in [-0.15, -0.1) is 0 Å². The summed E-state index contributed by atoms with van der Waals surface area (Å²) in [5, 5.41) is 8.65. The minimum Gasteiger partial charge on any atom is -0.394 e. The van der Waals surface area contributed by atoms with Crippen LogP contribution >= 0.6 is 0 Å². The van der Waals surface area contributed by atoms with Gasteiger partial charge in [0.1, 0.15) is 0 Å². The molecule has 1 amide bonds. The summed E-state index contributed by atoms with van der Waals surface area (Å²) in [6.45, 7) is 0.409. The molecule has 10 heavy (non-hydrogen) atoms. The molecule has 0 aromatic carbocycles. The lowest BCUT2D eigenvalue weighted by atomic mass is 10.0. The normalized spacial score (nSPS) is 32.5. The number of ether oxygens (including phenoxy) is 1. The number of nitrogens with two attached hydrogens (primary N) is 1. The smallest absolute Gasteiger partial charge is 0.223 e. The van der Waals surface area contributed by atoms with Crippen LogP contribution in [0, 0.1) is 5.92 Å². The zero-order valence-electron chi connectivity index (χ0n) is 5.62. The molecule has 1 heterocycles. The van der Waals surface area contributed by atoms with E-state index in [-0.39, 0.29) is 24.5 Å². The maximum absolute atomic E-state index is 10.6. The second-order valence-electron chi connectivity index (χ2n) is 2.39. The summed E-state index contributed by atoms with van der Waals surface area (Å²) >= 11 is 0. The SMILES string of the molecule is NC(=O)C1CCOC1CO. The fourth-order valence-electron chi connectivity index (χ4n) is 1.15. The molecule has 0 spiro atoms. The van der Waals surface area contributed by atoms with Crippen molar-refractivity contribution >= 4 is 5.91 Å². The average Bonchev–Trinajstić information content (AvgIpc) is 2.33. The van der Waals surface area contributed by atoms with Crippen LogP contribution < -0.4 is 5.73 Å². The molecule has 1 aliphatic heterocycles. The van der Waals surface area contributed by atoms with Gasteiger partial charge < -0.3 is 15.6 Å². The Balaban J connectivity index is 2.50. The van der Waals surface area contributed by atoms with Gasteiger partial charge in [0.05, 0.1) is 18.6 Å². The van der Waals surface area contributed by atoms with Crippen molar-refractivity contribution in [3.63, 3.8) is 0 Å². The van der Waals surface area contributed by atoms with Crippen molar-refractivity contribution in [3.8, 4) is 0 Å². The van der Waals surface area contributed by atoms with Crippen LogP contribution in [0.4, 0.5) is 0 Å². The molecule has 1 saturated heterocycles. The number of hydrogen-bond donors (Lipinski definition) is 2. The number of carbonyl (C=O) groups is 1. The molecule has 58 valence electrons. The van der Waals surface area contributed by atoms with Gasteiger partial charge in [-0.05, 0) is 6.42 Å². The number of aliphatic hydroxyl groups excluding tert-OH is 1. The molecular formula is C6H11NO3. The third-order valence-corrected chi connectivity index (χ3v) is 1.75. The molecule has 2 atom stereocenters. The molecule has 4 nitrogen and oxygen atoms in total. The first-order valence-electron chi connectivity index (χ1n) is 3.27. The Kier molecular flexibility index (Phi) is 2.24. The van der Waals surface area contributed by atoms with Gasteiger partial charge in [0.25, 0.3) is 0 Å². The van der Waals surface area contributed by atoms with Crippen LogP contribution in [0.1, 0.15) is 6.42 Å². The lowest BCUT2D eigenvalue weighted by Crippen LogP contribution is -2.32. The highest BCUT2D eigenvalue weighted by atomic mass is 16.5. The van der Waals surface area contributed by atoms with E-state index in [4.69, 9.17) is 15.6 Å². The first-order valence-corrected chi connectivity index (χ1v) is 3.27. The molecule has 3 N–H and O–H groups in total. The topological polar surface area (TPSA) is 72.6 Å².